The van der Waals surface area contributed by atoms with E-state index in [0.717, 1.165) is 10.8 Å². The monoisotopic (exact) mass is 442 g/mol. The number of ether oxygens (including phenoxy) is 3. The maximum absolute atomic E-state index is 13.6. The van der Waals surface area contributed by atoms with E-state index in [9.17, 15) is 18.5 Å². The number of aromatic nitrogens is 2. The molecule has 4 heterocycles. The molecule has 30 heavy (non-hydrogen) atoms. The molecule has 2 aromatic rings. The van der Waals surface area contributed by atoms with Crippen LogP contribution in [0.1, 0.15) is 18.2 Å². The fraction of sp³-hybridized carbons (Fsp3) is 0.412. The van der Waals surface area contributed by atoms with Crippen molar-refractivity contribution in [2.24, 2.45) is 0 Å². The molecule has 3 aliphatic heterocycles. The van der Waals surface area contributed by atoms with E-state index in [1.54, 1.807) is 18.2 Å². The first-order valence-corrected chi connectivity index (χ1v) is 10.5. The molecule has 160 valence electrons. The largest absolute Gasteiger partial charge is 0.475 e. The van der Waals surface area contributed by atoms with E-state index in [4.69, 9.17) is 27.8 Å². The van der Waals surface area contributed by atoms with Gasteiger partial charge in [-0.15, -0.1) is 0 Å². The zero-order chi connectivity index (χ0) is 20.9. The Morgan fingerprint density at radius 3 is 2.93 bits per heavy atom. The lowest BCUT2D eigenvalue weighted by atomic mass is 10.2. The highest BCUT2D eigenvalue weighted by Gasteiger charge is 2.48. The summed E-state index contributed by atoms with van der Waals surface area (Å²) < 4.78 is 59.7. The predicted molar refractivity (Wildman–Crippen MR) is 95.6 cm³/mol. The molecule has 13 heteroatoms. The Hall–Kier alpha value is -2.50. The Morgan fingerprint density at radius 2 is 2.07 bits per heavy atom. The van der Waals surface area contributed by atoms with Gasteiger partial charge in [-0.25, -0.2) is 9.36 Å². The van der Waals surface area contributed by atoms with Gasteiger partial charge in [0, 0.05) is 6.42 Å². The number of nitrogens with one attached hydrogen (secondary N) is 1. The molecule has 0 radical (unpaired) electrons. The van der Waals surface area contributed by atoms with E-state index in [1.807, 2.05) is 4.98 Å². The first kappa shape index (κ1) is 19.5. The van der Waals surface area contributed by atoms with Gasteiger partial charge in [0.2, 0.25) is 12.6 Å². The quantitative estimate of drug-likeness (QED) is 0.700. The van der Waals surface area contributed by atoms with Gasteiger partial charge in [0.25, 0.3) is 5.56 Å². The molecule has 4 atom stereocenters. The van der Waals surface area contributed by atoms with E-state index in [1.165, 1.54) is 0 Å². The van der Waals surface area contributed by atoms with E-state index < -0.39 is 43.3 Å². The summed E-state index contributed by atoms with van der Waals surface area (Å²) in [4.78, 5) is 25.0. The van der Waals surface area contributed by atoms with Crippen LogP contribution in [0.25, 0.3) is 0 Å². The van der Waals surface area contributed by atoms with Crippen molar-refractivity contribution in [2.75, 3.05) is 13.4 Å². The summed E-state index contributed by atoms with van der Waals surface area (Å²) in [7, 11) is -3.89. The Labute approximate surface area is 167 Å². The Bertz CT molecular complexity index is 1150. The Morgan fingerprint density at radius 1 is 1.23 bits per heavy atom. The summed E-state index contributed by atoms with van der Waals surface area (Å²) >= 11 is 0. The molecule has 0 amide bonds. The van der Waals surface area contributed by atoms with Crippen LogP contribution in [0.15, 0.2) is 34.0 Å². The fourth-order valence-electron chi connectivity index (χ4n) is 3.42. The van der Waals surface area contributed by atoms with Crippen molar-refractivity contribution in [3.63, 3.8) is 0 Å². The predicted octanol–water partition coefficient (Wildman–Crippen LogP) is 1.43. The standard InChI is InChI=1S/C17H16FN2O9P/c18-10-5-20(17(22)19-16(10)21)15-4-13-14(28-15)7-27-30(23,29-13)26-6-9-1-2-11-12(3-9)25-8-24-11/h1-3,5,13-15H,4,6-8H2,(H,19,21,22)/t13-,14+,15+,30?/m0/s1. The SMILES string of the molecule is O=c1[nH]c(=O)n([C@H]2C[C@@H]3OP(=O)(OCc4ccc5c(c4)OCO5)OC[C@H]3O2)cc1F. The molecule has 2 fully saturated rings. The number of aromatic amines is 1. The van der Waals surface area contributed by atoms with Gasteiger partial charge in [0.1, 0.15) is 18.4 Å². The van der Waals surface area contributed by atoms with Gasteiger partial charge >= 0.3 is 13.5 Å². The smallest absolute Gasteiger partial charge is 0.454 e. The second kappa shape index (κ2) is 7.33. The van der Waals surface area contributed by atoms with Crippen molar-refractivity contribution in [3.05, 3.63) is 56.6 Å². The lowest BCUT2D eigenvalue weighted by Gasteiger charge is -2.29. The molecule has 1 unspecified atom stereocenters. The highest BCUT2D eigenvalue weighted by atomic mass is 31.2. The van der Waals surface area contributed by atoms with Crippen molar-refractivity contribution in [1.82, 2.24) is 9.55 Å². The number of fused-ring (bicyclic) bond motifs is 2. The highest BCUT2D eigenvalue weighted by Crippen LogP contribution is 2.57. The molecule has 5 rings (SSSR count). The maximum Gasteiger partial charge on any atom is 0.475 e. The lowest BCUT2D eigenvalue weighted by Crippen LogP contribution is -2.34. The number of phosphoric ester groups is 1. The van der Waals surface area contributed by atoms with Crippen LogP contribution in [0.2, 0.25) is 0 Å². The molecule has 11 nitrogen and oxygen atoms in total. The number of phosphoric acid groups is 1. The molecule has 0 saturated carbocycles. The third-order valence-corrected chi connectivity index (χ3v) is 6.34. The fourth-order valence-corrected chi connectivity index (χ4v) is 4.81. The van der Waals surface area contributed by atoms with Gasteiger partial charge in [-0.2, -0.15) is 4.39 Å². The Balaban J connectivity index is 1.26. The molecule has 0 bridgehead atoms. The number of H-pyrrole nitrogens is 1. The van der Waals surface area contributed by atoms with Crippen LogP contribution < -0.4 is 20.7 Å². The van der Waals surface area contributed by atoms with Crippen LogP contribution >= 0.6 is 7.82 Å². The second-order valence-electron chi connectivity index (χ2n) is 6.86. The van der Waals surface area contributed by atoms with Gasteiger partial charge in [-0.3, -0.25) is 27.9 Å². The zero-order valence-corrected chi connectivity index (χ0v) is 16.2. The Kier molecular flexibility index (Phi) is 4.75. The average molecular weight is 442 g/mol. The van der Waals surface area contributed by atoms with Gasteiger partial charge in [0.15, 0.2) is 11.5 Å². The molecule has 0 aliphatic carbocycles. The average Bonchev–Trinajstić information content (AvgIpc) is 3.35. The third kappa shape index (κ3) is 3.57. The molecule has 3 aliphatic rings. The van der Waals surface area contributed by atoms with Crippen LogP contribution in [-0.4, -0.2) is 35.2 Å². The van der Waals surface area contributed by atoms with Crippen LogP contribution in [0, 0.1) is 5.82 Å². The van der Waals surface area contributed by atoms with Crippen molar-refractivity contribution in [1.29, 1.82) is 0 Å². The van der Waals surface area contributed by atoms with Gasteiger partial charge < -0.3 is 14.2 Å². The van der Waals surface area contributed by atoms with E-state index >= 15 is 0 Å². The molecule has 1 N–H and O–H groups in total. The van der Waals surface area contributed by atoms with Gasteiger partial charge in [0.05, 0.1) is 19.4 Å². The topological polar surface area (TPSA) is 127 Å². The van der Waals surface area contributed by atoms with E-state index in [2.05, 4.69) is 0 Å². The maximum atomic E-state index is 13.6. The number of rotatable bonds is 4. The normalized spacial score (nSPS) is 29.7. The molecule has 2 saturated heterocycles. The van der Waals surface area contributed by atoms with Crippen LogP contribution in [0.3, 0.4) is 0 Å². The molecular weight excluding hydrogens is 426 g/mol. The number of halogens is 1. The molecule has 0 spiro atoms. The molecule has 1 aromatic heterocycles. The second-order valence-corrected chi connectivity index (χ2v) is 8.48. The van der Waals surface area contributed by atoms with Gasteiger partial charge in [-0.05, 0) is 17.7 Å². The third-order valence-electron chi connectivity index (χ3n) is 4.90. The summed E-state index contributed by atoms with van der Waals surface area (Å²) in [5.74, 6) is 0.0509. The van der Waals surface area contributed by atoms with Crippen LogP contribution in [0.5, 0.6) is 11.5 Å². The van der Waals surface area contributed by atoms with Crippen molar-refractivity contribution >= 4 is 7.82 Å². The number of hydrogen-bond acceptors (Lipinski definition) is 9. The molecular formula is C17H16FN2O9P. The lowest BCUT2D eigenvalue weighted by molar-refractivity contribution is -0.0731. The minimum absolute atomic E-state index is 0.0554. The van der Waals surface area contributed by atoms with Crippen LogP contribution in [-0.2, 0) is 29.5 Å². The number of benzene rings is 1. The summed E-state index contributed by atoms with van der Waals surface area (Å²) in [6.07, 6.45) is -1.39. The summed E-state index contributed by atoms with van der Waals surface area (Å²) in [6.45, 7) is -0.0166. The first-order valence-electron chi connectivity index (χ1n) is 9.03. The van der Waals surface area contributed by atoms with Crippen molar-refractivity contribution in [2.45, 2.75) is 31.5 Å². The van der Waals surface area contributed by atoms with E-state index in [0.29, 0.717) is 17.1 Å². The summed E-state index contributed by atoms with van der Waals surface area (Å²) in [6, 6.07) is 5.15. The van der Waals surface area contributed by atoms with Crippen molar-refractivity contribution in [3.8, 4) is 11.5 Å². The number of nitrogens with zero attached hydrogens (tertiary/aromatic N) is 1. The first-order chi connectivity index (χ1) is 14.4. The van der Waals surface area contributed by atoms with Crippen LogP contribution in [0.4, 0.5) is 4.39 Å². The zero-order valence-electron chi connectivity index (χ0n) is 15.3. The highest BCUT2D eigenvalue weighted by molar-refractivity contribution is 7.48. The van der Waals surface area contributed by atoms with Crippen molar-refractivity contribution < 1.29 is 36.7 Å². The van der Waals surface area contributed by atoms with E-state index in [-0.39, 0.29) is 26.4 Å². The van der Waals surface area contributed by atoms with Gasteiger partial charge in [-0.1, -0.05) is 6.07 Å². The minimum Gasteiger partial charge on any atom is -0.454 e. The number of hydrogen-bond donors (Lipinski definition) is 1. The summed E-state index contributed by atoms with van der Waals surface area (Å²) in [5.41, 5.74) is -1.26. The summed E-state index contributed by atoms with van der Waals surface area (Å²) in [5, 5.41) is 0. The molecule has 1 aromatic carbocycles. The minimum atomic E-state index is -3.89.